The molecular weight excluding hydrogens is 390 g/mol. The number of nitrogens with zero attached hydrogens (tertiary/aromatic N) is 3. The minimum Gasteiger partial charge on any atom is -0.346 e. The number of amides is 3. The van der Waals surface area contributed by atoms with Crippen LogP contribution in [0.4, 0.5) is 10.6 Å². The van der Waals surface area contributed by atoms with E-state index in [-0.39, 0.29) is 5.91 Å². The molecule has 0 spiro atoms. The maximum absolute atomic E-state index is 12.5. The molecule has 3 aromatic heterocycles. The summed E-state index contributed by atoms with van der Waals surface area (Å²) in [4.78, 5) is 38.0. The molecule has 29 heavy (non-hydrogen) atoms. The average molecular weight is 412 g/mol. The summed E-state index contributed by atoms with van der Waals surface area (Å²) >= 11 is 6.08. The van der Waals surface area contributed by atoms with E-state index >= 15 is 0 Å². The van der Waals surface area contributed by atoms with Crippen LogP contribution in [0.5, 0.6) is 0 Å². The van der Waals surface area contributed by atoms with Crippen LogP contribution in [-0.4, -0.2) is 38.3 Å². The predicted octanol–water partition coefficient (Wildman–Crippen LogP) is 4.30. The monoisotopic (exact) mass is 411 g/mol. The van der Waals surface area contributed by atoms with Gasteiger partial charge in [0.15, 0.2) is 0 Å². The summed E-state index contributed by atoms with van der Waals surface area (Å²) in [6.45, 7) is 6.03. The molecule has 8 heteroatoms. The Hall–Kier alpha value is -2.93. The summed E-state index contributed by atoms with van der Waals surface area (Å²) in [7, 11) is 0. The van der Waals surface area contributed by atoms with Gasteiger partial charge in [-0.1, -0.05) is 31.5 Å². The van der Waals surface area contributed by atoms with E-state index in [4.69, 9.17) is 11.6 Å². The highest BCUT2D eigenvalue weighted by Gasteiger charge is 2.41. The van der Waals surface area contributed by atoms with Crippen molar-refractivity contribution in [2.24, 2.45) is 5.41 Å². The summed E-state index contributed by atoms with van der Waals surface area (Å²) in [6, 6.07) is 5.15. The molecule has 7 nitrogen and oxygen atoms in total. The second-order valence-electron chi connectivity index (χ2n) is 8.00. The highest BCUT2D eigenvalue weighted by atomic mass is 35.5. The number of carbonyl (C=O) groups excluding carboxylic acids is 2. The van der Waals surface area contributed by atoms with Gasteiger partial charge in [-0.05, 0) is 36.6 Å². The van der Waals surface area contributed by atoms with Gasteiger partial charge in [0.25, 0.3) is 0 Å². The third kappa shape index (κ3) is 3.70. The number of carbonyl (C=O) groups is 2. The minimum absolute atomic E-state index is 0.157. The number of aryl methyl sites for hydroxylation is 1. The number of aromatic amines is 1. The van der Waals surface area contributed by atoms with Gasteiger partial charge in [-0.2, -0.15) is 0 Å². The number of fused-ring (bicyclic) bond motifs is 1. The fraction of sp³-hybridized carbons (Fsp3) is 0.333. The fourth-order valence-electron chi connectivity index (χ4n) is 3.57. The lowest BCUT2D eigenvalue weighted by atomic mass is 9.92. The zero-order valence-electron chi connectivity index (χ0n) is 16.5. The smallest absolute Gasteiger partial charge is 0.329 e. The van der Waals surface area contributed by atoms with Gasteiger partial charge in [-0.25, -0.2) is 14.8 Å². The Morgan fingerprint density at radius 1 is 1.34 bits per heavy atom. The minimum atomic E-state index is -0.498. The van der Waals surface area contributed by atoms with E-state index in [1.54, 1.807) is 12.3 Å². The van der Waals surface area contributed by atoms with E-state index in [9.17, 15) is 9.59 Å². The van der Waals surface area contributed by atoms with Gasteiger partial charge in [-0.15, -0.1) is 0 Å². The summed E-state index contributed by atoms with van der Waals surface area (Å²) in [6.07, 6.45) is 4.85. The van der Waals surface area contributed by atoms with Crippen LogP contribution in [0.2, 0.25) is 5.02 Å². The van der Waals surface area contributed by atoms with Crippen molar-refractivity contribution in [2.45, 2.75) is 33.6 Å². The molecule has 3 aromatic rings. The van der Waals surface area contributed by atoms with Crippen molar-refractivity contribution in [2.75, 3.05) is 11.9 Å². The van der Waals surface area contributed by atoms with Crippen LogP contribution < -0.4 is 5.32 Å². The summed E-state index contributed by atoms with van der Waals surface area (Å²) in [5.41, 5.74) is 3.20. The number of likely N-dealkylation sites (tertiary alicyclic amines) is 1. The molecule has 1 aliphatic rings. The fourth-order valence-corrected chi connectivity index (χ4v) is 3.72. The molecule has 3 amide bonds. The molecule has 1 fully saturated rings. The van der Waals surface area contributed by atoms with Crippen LogP contribution in [0.25, 0.3) is 11.0 Å². The first-order valence-electron chi connectivity index (χ1n) is 9.45. The molecule has 0 aliphatic carbocycles. The van der Waals surface area contributed by atoms with Gasteiger partial charge in [0.1, 0.15) is 11.5 Å². The van der Waals surface area contributed by atoms with Gasteiger partial charge in [-0.3, -0.25) is 15.0 Å². The summed E-state index contributed by atoms with van der Waals surface area (Å²) < 4.78 is 0. The Balaban J connectivity index is 1.50. The number of urea groups is 1. The number of aromatic nitrogens is 3. The molecule has 1 aliphatic heterocycles. The molecule has 4 rings (SSSR count). The third-order valence-corrected chi connectivity index (χ3v) is 5.63. The molecule has 0 bridgehead atoms. The predicted molar refractivity (Wildman–Crippen MR) is 112 cm³/mol. The van der Waals surface area contributed by atoms with Crippen LogP contribution in [-0.2, 0) is 11.2 Å². The van der Waals surface area contributed by atoms with E-state index in [1.807, 2.05) is 39.1 Å². The maximum atomic E-state index is 12.5. The Morgan fingerprint density at radius 2 is 2.14 bits per heavy atom. The highest BCUT2D eigenvalue weighted by molar-refractivity contribution is 6.31. The lowest BCUT2D eigenvalue weighted by Crippen LogP contribution is -2.39. The molecule has 0 saturated carbocycles. The second kappa shape index (κ2) is 7.15. The van der Waals surface area contributed by atoms with Crippen LogP contribution >= 0.6 is 11.6 Å². The molecule has 2 N–H and O–H groups in total. The Labute approximate surface area is 173 Å². The van der Waals surface area contributed by atoms with E-state index in [2.05, 4.69) is 20.3 Å². The Morgan fingerprint density at radius 3 is 2.83 bits per heavy atom. The number of anilines is 1. The van der Waals surface area contributed by atoms with Crippen LogP contribution in [0.3, 0.4) is 0 Å². The molecule has 0 radical (unpaired) electrons. The van der Waals surface area contributed by atoms with Crippen molar-refractivity contribution in [1.29, 1.82) is 0 Å². The first-order chi connectivity index (χ1) is 13.7. The standard InChI is InChI=1S/C21H22ClN5O2/c1-12-13(8-14-10-23-18-16(14)9-15(22)11-24-18)4-5-17(25-12)26-20(29)27-7-6-21(2,3)19(27)28/h4-5,9-11H,6-8H2,1-3H3,(H,23,24)(H,25,26,29). The molecule has 0 unspecified atom stereocenters. The second-order valence-corrected chi connectivity index (χ2v) is 8.44. The van der Waals surface area contributed by atoms with Crippen molar-refractivity contribution < 1.29 is 9.59 Å². The third-order valence-electron chi connectivity index (χ3n) is 5.42. The molecule has 150 valence electrons. The molecular formula is C21H22ClN5O2. The lowest BCUT2D eigenvalue weighted by molar-refractivity contribution is -0.131. The number of pyridine rings is 2. The Kier molecular flexibility index (Phi) is 4.78. The van der Waals surface area contributed by atoms with Gasteiger partial charge in [0.05, 0.1) is 5.02 Å². The number of hydrogen-bond acceptors (Lipinski definition) is 4. The van der Waals surface area contributed by atoms with Crippen molar-refractivity contribution >= 4 is 40.4 Å². The summed E-state index contributed by atoms with van der Waals surface area (Å²) in [5, 5.41) is 4.30. The SMILES string of the molecule is Cc1nc(NC(=O)N2CCC(C)(C)C2=O)ccc1Cc1c[nH]c2ncc(Cl)cc12. The highest BCUT2D eigenvalue weighted by Crippen LogP contribution is 2.31. The van der Waals surface area contributed by atoms with E-state index in [0.29, 0.717) is 30.2 Å². The van der Waals surface area contributed by atoms with Gasteiger partial charge in [0.2, 0.25) is 5.91 Å². The molecule has 0 aromatic carbocycles. The van der Waals surface area contributed by atoms with Gasteiger partial charge < -0.3 is 4.98 Å². The average Bonchev–Trinajstić information content (AvgIpc) is 3.17. The molecule has 1 saturated heterocycles. The number of H-pyrrole nitrogens is 1. The lowest BCUT2D eigenvalue weighted by Gasteiger charge is -2.18. The molecule has 0 atom stereocenters. The summed E-state index contributed by atoms with van der Waals surface area (Å²) in [5.74, 6) is 0.271. The van der Waals surface area contributed by atoms with Crippen LogP contribution in [0.15, 0.2) is 30.6 Å². The number of rotatable bonds is 3. The number of halogens is 1. The number of nitrogens with one attached hydrogen (secondary N) is 2. The normalized spacial score (nSPS) is 15.9. The Bertz CT molecular complexity index is 1120. The van der Waals surface area contributed by atoms with E-state index in [1.165, 1.54) is 4.90 Å². The van der Waals surface area contributed by atoms with Crippen LogP contribution in [0, 0.1) is 12.3 Å². The first kappa shape index (κ1) is 19.4. The quantitative estimate of drug-likeness (QED) is 0.672. The zero-order valence-corrected chi connectivity index (χ0v) is 17.3. The van der Waals surface area contributed by atoms with Crippen molar-refractivity contribution in [3.05, 3.63) is 52.4 Å². The topological polar surface area (TPSA) is 91.0 Å². The largest absolute Gasteiger partial charge is 0.346 e. The first-order valence-corrected chi connectivity index (χ1v) is 9.83. The van der Waals surface area contributed by atoms with Gasteiger partial charge in [0, 0.05) is 41.9 Å². The zero-order chi connectivity index (χ0) is 20.8. The number of imide groups is 1. The molecule has 4 heterocycles. The van der Waals surface area contributed by atoms with Crippen LogP contribution in [0.1, 0.15) is 37.1 Å². The van der Waals surface area contributed by atoms with Gasteiger partial charge >= 0.3 is 6.03 Å². The van der Waals surface area contributed by atoms with Crippen molar-refractivity contribution in [3.8, 4) is 0 Å². The maximum Gasteiger partial charge on any atom is 0.329 e. The number of hydrogen-bond donors (Lipinski definition) is 2. The van der Waals surface area contributed by atoms with Crippen molar-refractivity contribution in [1.82, 2.24) is 19.9 Å². The van der Waals surface area contributed by atoms with Crippen molar-refractivity contribution in [3.63, 3.8) is 0 Å². The van der Waals surface area contributed by atoms with E-state index in [0.717, 1.165) is 27.9 Å². The van der Waals surface area contributed by atoms with E-state index < -0.39 is 11.4 Å².